The van der Waals surface area contributed by atoms with Crippen LogP contribution in [0.5, 0.6) is 0 Å². The van der Waals surface area contributed by atoms with Gasteiger partial charge in [-0.25, -0.2) is 0 Å². The van der Waals surface area contributed by atoms with Gasteiger partial charge in [-0.05, 0) is 19.3 Å². The summed E-state index contributed by atoms with van der Waals surface area (Å²) in [5.41, 5.74) is 0. The van der Waals surface area contributed by atoms with Crippen molar-refractivity contribution in [2.75, 3.05) is 6.61 Å². The van der Waals surface area contributed by atoms with Gasteiger partial charge in [0.05, 0.1) is 0 Å². The summed E-state index contributed by atoms with van der Waals surface area (Å²) in [4.78, 5) is 0. The Labute approximate surface area is 45.5 Å². The van der Waals surface area contributed by atoms with E-state index in [4.69, 9.17) is 4.74 Å². The third-order valence-electron chi connectivity index (χ3n) is 1.41. The molecular weight excluding hydrogens is 86.9 g/mol. The minimum absolute atomic E-state index is 0.536. The van der Waals surface area contributed by atoms with Gasteiger partial charge in [-0.2, -0.15) is 0 Å². The maximum atomic E-state index is 5.28. The van der Waals surface area contributed by atoms with Crippen LogP contribution in [0, 0.1) is 0 Å². The Morgan fingerprint density at radius 3 is 2.57 bits per heavy atom. The van der Waals surface area contributed by atoms with Gasteiger partial charge in [-0.1, -0.05) is 0 Å². The molecule has 1 aliphatic heterocycles. The summed E-state index contributed by atoms with van der Waals surface area (Å²) in [6.07, 6.45) is 3.89. The summed E-state index contributed by atoms with van der Waals surface area (Å²) < 4.78 is 5.28. The Morgan fingerprint density at radius 2 is 2.29 bits per heavy atom. The molecule has 1 nitrogen and oxygen atoms in total. The molecule has 0 aromatic carbocycles. The van der Waals surface area contributed by atoms with Gasteiger partial charge in [0.25, 0.3) is 0 Å². The molecule has 0 bridgehead atoms. The second-order valence-electron chi connectivity index (χ2n) is 2.18. The van der Waals surface area contributed by atoms with Crippen molar-refractivity contribution in [3.8, 4) is 0 Å². The Hall–Kier alpha value is 0.0249. The van der Waals surface area contributed by atoms with Crippen molar-refractivity contribution in [3.05, 3.63) is 0 Å². The van der Waals surface area contributed by atoms with E-state index in [1.165, 1.54) is 19.3 Å². The Morgan fingerprint density at radius 1 is 1.43 bits per heavy atom. The summed E-state index contributed by atoms with van der Waals surface area (Å²) in [6, 6.07) is 0.536. The number of rotatable bonds is 0. The van der Waals surface area contributed by atoms with E-state index in [1.807, 2.05) is 0 Å². The van der Waals surface area contributed by atoms with Crippen LogP contribution in [-0.4, -0.2) is 20.5 Å². The summed E-state index contributed by atoms with van der Waals surface area (Å²) in [6.45, 7) is 0.987. The van der Waals surface area contributed by atoms with E-state index in [1.54, 1.807) is 0 Å². The van der Waals surface area contributed by atoms with Gasteiger partial charge in [0, 0.05) is 12.6 Å². The number of ether oxygens (including phenoxy) is 1. The fraction of sp³-hybridized carbons (Fsp3) is 1.00. The topological polar surface area (TPSA) is 9.23 Å². The van der Waals surface area contributed by atoms with Crippen molar-refractivity contribution >= 4 is 7.85 Å². The van der Waals surface area contributed by atoms with Crippen molar-refractivity contribution in [1.82, 2.24) is 0 Å². The maximum Gasteiger partial charge on any atom is 0.139 e. The van der Waals surface area contributed by atoms with Crippen LogP contribution in [0.15, 0.2) is 0 Å². The first-order valence-corrected chi connectivity index (χ1v) is 3.01. The van der Waals surface area contributed by atoms with E-state index in [0.717, 1.165) is 6.61 Å². The van der Waals surface area contributed by atoms with Gasteiger partial charge in [-0.3, -0.25) is 0 Å². The first-order chi connectivity index (χ1) is 3.39. The van der Waals surface area contributed by atoms with E-state index in [2.05, 4.69) is 7.85 Å². The molecule has 0 saturated carbocycles. The van der Waals surface area contributed by atoms with Crippen LogP contribution >= 0.6 is 0 Å². The molecule has 1 atom stereocenters. The fourth-order valence-corrected chi connectivity index (χ4v) is 0.902. The van der Waals surface area contributed by atoms with Crippen LogP contribution in [0.3, 0.4) is 0 Å². The molecule has 0 aliphatic carbocycles. The molecule has 7 heavy (non-hydrogen) atoms. The Bertz CT molecular complexity index is 50.0. The van der Waals surface area contributed by atoms with Crippen molar-refractivity contribution in [2.24, 2.45) is 0 Å². The first-order valence-electron chi connectivity index (χ1n) is 3.01. The molecule has 40 valence electrons. The highest BCUT2D eigenvalue weighted by molar-refractivity contribution is 6.10. The number of hydrogen-bond donors (Lipinski definition) is 0. The zero-order valence-electron chi connectivity index (χ0n) is 4.81. The molecule has 0 aromatic heterocycles. The van der Waals surface area contributed by atoms with Gasteiger partial charge >= 0.3 is 0 Å². The highest BCUT2D eigenvalue weighted by Crippen LogP contribution is 2.08. The predicted molar refractivity (Wildman–Crippen MR) is 32.1 cm³/mol. The van der Waals surface area contributed by atoms with Crippen LogP contribution in [0.1, 0.15) is 19.3 Å². The highest BCUT2D eigenvalue weighted by atomic mass is 16.5. The summed E-state index contributed by atoms with van der Waals surface area (Å²) in [7, 11) is 2.14. The number of hydrogen-bond acceptors (Lipinski definition) is 1. The quantitative estimate of drug-likeness (QED) is 0.392. The average Bonchev–Trinajstić information content (AvgIpc) is 1.69. The highest BCUT2D eigenvalue weighted by Gasteiger charge is 2.05. The average molecular weight is 98.0 g/mol. The van der Waals surface area contributed by atoms with Gasteiger partial charge in [0.15, 0.2) is 0 Å². The maximum absolute atomic E-state index is 5.28. The minimum Gasteiger partial charge on any atom is -0.387 e. The van der Waals surface area contributed by atoms with E-state index in [0.29, 0.717) is 6.00 Å². The summed E-state index contributed by atoms with van der Waals surface area (Å²) in [5.74, 6) is 0. The van der Waals surface area contributed by atoms with E-state index < -0.39 is 0 Å². The molecule has 1 fully saturated rings. The monoisotopic (exact) mass is 98.1 g/mol. The lowest BCUT2D eigenvalue weighted by Crippen LogP contribution is -2.18. The smallest absolute Gasteiger partial charge is 0.139 e. The van der Waals surface area contributed by atoms with Gasteiger partial charge in [0.2, 0.25) is 0 Å². The zero-order chi connectivity index (χ0) is 5.11. The van der Waals surface area contributed by atoms with Gasteiger partial charge in [0.1, 0.15) is 7.85 Å². The Kier molecular flexibility index (Phi) is 1.74. The van der Waals surface area contributed by atoms with Crippen LogP contribution < -0.4 is 0 Å². The normalized spacial score (nSPS) is 32.9. The molecule has 2 heteroatoms. The zero-order valence-corrected chi connectivity index (χ0v) is 4.81. The van der Waals surface area contributed by atoms with Crippen LogP contribution in [0.2, 0.25) is 0 Å². The Balaban J connectivity index is 2.12. The van der Waals surface area contributed by atoms with Crippen molar-refractivity contribution in [3.63, 3.8) is 0 Å². The lowest BCUT2D eigenvalue weighted by molar-refractivity contribution is 0.0675. The van der Waals surface area contributed by atoms with E-state index in [9.17, 15) is 0 Å². The molecule has 1 unspecified atom stereocenters. The largest absolute Gasteiger partial charge is 0.387 e. The van der Waals surface area contributed by atoms with Crippen molar-refractivity contribution in [1.29, 1.82) is 0 Å². The molecule has 0 amide bonds. The van der Waals surface area contributed by atoms with Crippen molar-refractivity contribution in [2.45, 2.75) is 25.3 Å². The van der Waals surface area contributed by atoms with Crippen LogP contribution in [-0.2, 0) is 4.74 Å². The lowest BCUT2D eigenvalue weighted by atomic mass is 9.93. The van der Waals surface area contributed by atoms with Crippen LogP contribution in [0.25, 0.3) is 0 Å². The van der Waals surface area contributed by atoms with Crippen LogP contribution in [0.4, 0.5) is 0 Å². The standard InChI is InChI=1S/C5H11BO/c6-5-3-1-2-4-7-5/h5H,1-4,6H2. The molecule has 1 aliphatic rings. The summed E-state index contributed by atoms with van der Waals surface area (Å²) in [5, 5.41) is 0. The molecule has 0 spiro atoms. The molecular formula is C5H11BO. The second kappa shape index (κ2) is 2.36. The second-order valence-corrected chi connectivity index (χ2v) is 2.18. The molecule has 0 N–H and O–H groups in total. The fourth-order valence-electron chi connectivity index (χ4n) is 0.902. The lowest BCUT2D eigenvalue weighted by Gasteiger charge is -2.17. The molecule has 0 aromatic rings. The predicted octanol–water partition coefficient (Wildman–Crippen LogP) is 0.146. The third-order valence-corrected chi connectivity index (χ3v) is 1.41. The molecule has 1 rings (SSSR count). The third kappa shape index (κ3) is 1.52. The van der Waals surface area contributed by atoms with E-state index >= 15 is 0 Å². The molecule has 0 radical (unpaired) electrons. The van der Waals surface area contributed by atoms with Gasteiger partial charge < -0.3 is 4.74 Å². The SMILES string of the molecule is BC1CCCCO1. The summed E-state index contributed by atoms with van der Waals surface area (Å²) >= 11 is 0. The first kappa shape index (κ1) is 5.17. The molecule has 1 heterocycles. The van der Waals surface area contributed by atoms with E-state index in [-0.39, 0.29) is 0 Å². The van der Waals surface area contributed by atoms with Crippen molar-refractivity contribution < 1.29 is 4.74 Å². The minimum atomic E-state index is 0.536. The molecule has 1 saturated heterocycles. The van der Waals surface area contributed by atoms with Gasteiger partial charge in [-0.15, -0.1) is 0 Å².